The zero-order valence-electron chi connectivity index (χ0n) is 19.5. The molecule has 0 bridgehead atoms. The zero-order valence-corrected chi connectivity index (χ0v) is 20.3. The average molecular weight is 477 g/mol. The van der Waals surface area contributed by atoms with Crippen molar-refractivity contribution < 1.29 is 22.6 Å². The van der Waals surface area contributed by atoms with Gasteiger partial charge >= 0.3 is 0 Å². The number of ether oxygens (including phenoxy) is 3. The zero-order chi connectivity index (χ0) is 24.3. The maximum absolute atomic E-state index is 12.8. The van der Waals surface area contributed by atoms with Gasteiger partial charge in [0.15, 0.2) is 11.5 Å². The molecule has 0 radical (unpaired) electrons. The largest absolute Gasteiger partial charge is 0.493 e. The molecule has 1 aromatic heterocycles. The molecule has 0 amide bonds. The molecule has 3 rings (SSSR count). The van der Waals surface area contributed by atoms with E-state index in [9.17, 15) is 13.2 Å². The number of hydrogen-bond donors (Lipinski definition) is 1. The van der Waals surface area contributed by atoms with Crippen LogP contribution in [-0.2, 0) is 23.1 Å². The van der Waals surface area contributed by atoms with E-state index in [0.717, 1.165) is 11.1 Å². The number of sulfonamides is 1. The van der Waals surface area contributed by atoms with Gasteiger partial charge in [-0.2, -0.15) is 4.98 Å². The van der Waals surface area contributed by atoms with E-state index in [0.29, 0.717) is 36.1 Å². The molecule has 0 saturated heterocycles. The van der Waals surface area contributed by atoms with Crippen molar-refractivity contribution >= 4 is 26.9 Å². The summed E-state index contributed by atoms with van der Waals surface area (Å²) in [6, 6.07) is 9.26. The summed E-state index contributed by atoms with van der Waals surface area (Å²) < 4.78 is 40.6. The molecule has 0 fully saturated rings. The molecule has 10 nitrogen and oxygen atoms in total. The molecular weight excluding hydrogens is 448 g/mol. The van der Waals surface area contributed by atoms with E-state index in [1.165, 1.54) is 31.9 Å². The molecule has 11 heteroatoms. The number of H-pyrrole nitrogens is 1. The molecule has 0 aliphatic rings. The minimum Gasteiger partial charge on any atom is -0.493 e. The molecule has 0 unspecified atom stereocenters. The number of methoxy groups -OCH3 is 3. The standard InChI is InChI=1S/C22H28N4O6S/c1-25(12-14-7-9-15(10-8-14)13-26(2)33(6,28)29)22-23-16-11-17(30-3)19(31-4)20(32-5)18(16)21(27)24-22/h7-11H,12-13H2,1-6H3,(H,23,24,27). The van der Waals surface area contributed by atoms with Crippen LogP contribution in [0, 0.1) is 0 Å². The minimum atomic E-state index is -3.25. The Morgan fingerprint density at radius 3 is 2.03 bits per heavy atom. The Bertz CT molecular complexity index is 1310. The van der Waals surface area contributed by atoms with Gasteiger partial charge in [-0.15, -0.1) is 0 Å². The Kier molecular flexibility index (Phi) is 7.13. The van der Waals surface area contributed by atoms with Gasteiger partial charge < -0.3 is 24.1 Å². The Hall–Kier alpha value is -3.31. The first-order valence-corrected chi connectivity index (χ1v) is 11.9. The molecule has 1 N–H and O–H groups in total. The number of aromatic nitrogens is 2. The first-order valence-electron chi connectivity index (χ1n) is 10.0. The molecule has 178 valence electrons. The lowest BCUT2D eigenvalue weighted by atomic mass is 10.1. The summed E-state index contributed by atoms with van der Waals surface area (Å²) in [4.78, 5) is 22.0. The van der Waals surface area contributed by atoms with Gasteiger partial charge in [0.05, 0.1) is 33.1 Å². The number of hydrogen-bond acceptors (Lipinski definition) is 8. The van der Waals surface area contributed by atoms with Gasteiger partial charge in [-0.1, -0.05) is 24.3 Å². The third-order valence-electron chi connectivity index (χ3n) is 5.27. The van der Waals surface area contributed by atoms with Crippen LogP contribution in [0.25, 0.3) is 10.9 Å². The van der Waals surface area contributed by atoms with Crippen LogP contribution >= 0.6 is 0 Å². The lowest BCUT2D eigenvalue weighted by Gasteiger charge is -2.20. The Morgan fingerprint density at radius 1 is 0.939 bits per heavy atom. The van der Waals surface area contributed by atoms with E-state index in [1.54, 1.807) is 13.1 Å². The monoisotopic (exact) mass is 476 g/mol. The van der Waals surface area contributed by atoms with Crippen molar-refractivity contribution in [2.75, 3.05) is 46.6 Å². The van der Waals surface area contributed by atoms with E-state index in [-0.39, 0.29) is 11.1 Å². The highest BCUT2D eigenvalue weighted by Gasteiger charge is 2.20. The van der Waals surface area contributed by atoms with E-state index < -0.39 is 15.6 Å². The van der Waals surface area contributed by atoms with Crippen LogP contribution < -0.4 is 24.7 Å². The highest BCUT2D eigenvalue weighted by Crippen LogP contribution is 2.41. The number of aromatic amines is 1. The molecule has 0 aliphatic heterocycles. The van der Waals surface area contributed by atoms with Crippen LogP contribution in [0.15, 0.2) is 35.1 Å². The van der Waals surface area contributed by atoms with Crippen LogP contribution in [-0.4, -0.2) is 64.4 Å². The smallest absolute Gasteiger partial charge is 0.286 e. The van der Waals surface area contributed by atoms with Gasteiger partial charge in [0, 0.05) is 33.3 Å². The summed E-state index contributed by atoms with van der Waals surface area (Å²) in [7, 11) is 4.54. The number of nitrogens with zero attached hydrogens (tertiary/aromatic N) is 3. The fourth-order valence-electron chi connectivity index (χ4n) is 3.42. The normalized spacial score (nSPS) is 11.6. The molecule has 3 aromatic rings. The van der Waals surface area contributed by atoms with Crippen LogP contribution in [0.1, 0.15) is 11.1 Å². The third kappa shape index (κ3) is 5.20. The van der Waals surface area contributed by atoms with Crippen molar-refractivity contribution in [3.63, 3.8) is 0 Å². The quantitative estimate of drug-likeness (QED) is 0.499. The highest BCUT2D eigenvalue weighted by atomic mass is 32.2. The lowest BCUT2D eigenvalue weighted by molar-refractivity contribution is 0.327. The Balaban J connectivity index is 1.88. The van der Waals surface area contributed by atoms with E-state index >= 15 is 0 Å². The van der Waals surface area contributed by atoms with Crippen molar-refractivity contribution in [2.24, 2.45) is 0 Å². The number of nitrogens with one attached hydrogen (secondary N) is 1. The predicted octanol–water partition coefficient (Wildman–Crippen LogP) is 1.98. The van der Waals surface area contributed by atoms with E-state index in [4.69, 9.17) is 14.2 Å². The van der Waals surface area contributed by atoms with E-state index in [2.05, 4.69) is 9.97 Å². The second-order valence-electron chi connectivity index (χ2n) is 7.63. The SMILES string of the molecule is COc1cc2[nH]c(N(C)Cc3ccc(CN(C)S(C)(=O)=O)cc3)nc(=O)c2c(OC)c1OC. The second-order valence-corrected chi connectivity index (χ2v) is 9.71. The number of anilines is 1. The van der Waals surface area contributed by atoms with Gasteiger partial charge in [0.25, 0.3) is 5.56 Å². The first kappa shape index (κ1) is 24.3. The Morgan fingerprint density at radius 2 is 1.52 bits per heavy atom. The van der Waals surface area contributed by atoms with Crippen LogP contribution in [0.4, 0.5) is 5.95 Å². The molecule has 1 heterocycles. The summed E-state index contributed by atoms with van der Waals surface area (Å²) >= 11 is 0. The fraction of sp³-hybridized carbons (Fsp3) is 0.364. The van der Waals surface area contributed by atoms with Crippen LogP contribution in [0.2, 0.25) is 0 Å². The highest BCUT2D eigenvalue weighted by molar-refractivity contribution is 7.88. The van der Waals surface area contributed by atoms with Gasteiger partial charge in [0.2, 0.25) is 21.7 Å². The molecular formula is C22H28N4O6S. The van der Waals surface area contributed by atoms with Gasteiger partial charge in [-0.25, -0.2) is 12.7 Å². The molecule has 0 saturated carbocycles. The number of benzene rings is 2. The third-order valence-corrected chi connectivity index (χ3v) is 6.53. The lowest BCUT2D eigenvalue weighted by Crippen LogP contribution is -2.25. The summed E-state index contributed by atoms with van der Waals surface area (Å²) in [5.41, 5.74) is 1.89. The van der Waals surface area contributed by atoms with Crippen molar-refractivity contribution in [1.29, 1.82) is 0 Å². The van der Waals surface area contributed by atoms with E-state index in [1.807, 2.05) is 36.2 Å². The molecule has 2 aromatic carbocycles. The van der Waals surface area contributed by atoms with Crippen molar-refractivity contribution in [2.45, 2.75) is 13.1 Å². The summed E-state index contributed by atoms with van der Waals surface area (Å²) in [6.07, 6.45) is 1.18. The number of rotatable bonds is 9. The summed E-state index contributed by atoms with van der Waals surface area (Å²) in [5.74, 6) is 1.38. The molecule has 0 spiro atoms. The average Bonchev–Trinajstić information content (AvgIpc) is 2.77. The van der Waals surface area contributed by atoms with Crippen molar-refractivity contribution in [3.05, 3.63) is 51.8 Å². The predicted molar refractivity (Wildman–Crippen MR) is 127 cm³/mol. The summed E-state index contributed by atoms with van der Waals surface area (Å²) in [6.45, 7) is 0.767. The van der Waals surface area contributed by atoms with Gasteiger partial charge in [-0.05, 0) is 11.1 Å². The Labute approximate surface area is 192 Å². The topological polar surface area (TPSA) is 114 Å². The fourth-order valence-corrected chi connectivity index (χ4v) is 3.81. The number of fused-ring (bicyclic) bond motifs is 1. The first-order chi connectivity index (χ1) is 15.6. The molecule has 33 heavy (non-hydrogen) atoms. The van der Waals surface area contributed by atoms with Crippen LogP contribution in [0.3, 0.4) is 0 Å². The van der Waals surface area contributed by atoms with Crippen molar-refractivity contribution in [1.82, 2.24) is 14.3 Å². The molecule has 0 atom stereocenters. The maximum atomic E-state index is 12.8. The maximum Gasteiger partial charge on any atom is 0.286 e. The second kappa shape index (κ2) is 9.67. The molecule has 0 aliphatic carbocycles. The minimum absolute atomic E-state index is 0.254. The summed E-state index contributed by atoms with van der Waals surface area (Å²) in [5, 5.41) is 0.270. The van der Waals surface area contributed by atoms with Crippen molar-refractivity contribution in [3.8, 4) is 17.2 Å². The van der Waals surface area contributed by atoms with Gasteiger partial charge in [-0.3, -0.25) is 4.79 Å². The van der Waals surface area contributed by atoms with Crippen LogP contribution in [0.5, 0.6) is 17.2 Å². The van der Waals surface area contributed by atoms with Gasteiger partial charge in [0.1, 0.15) is 5.39 Å².